The Hall–Kier alpha value is -0.960. The van der Waals surface area contributed by atoms with Crippen LogP contribution >= 0.6 is 0 Å². The molecule has 1 aliphatic rings. The van der Waals surface area contributed by atoms with E-state index in [0.717, 1.165) is 19.4 Å². The smallest absolute Gasteiger partial charge is 0.116 e. The molecule has 0 unspecified atom stereocenters. The molecule has 1 N–H and O–H groups in total. The van der Waals surface area contributed by atoms with E-state index in [-0.39, 0.29) is 0 Å². The quantitative estimate of drug-likeness (QED) is 0.697. The van der Waals surface area contributed by atoms with Gasteiger partial charge in [-0.2, -0.15) is 0 Å². The third-order valence-corrected chi connectivity index (χ3v) is 2.31. The molecule has 0 saturated heterocycles. The second-order valence-corrected chi connectivity index (χ2v) is 3.13. The van der Waals surface area contributed by atoms with E-state index in [1.165, 1.54) is 23.4 Å². The summed E-state index contributed by atoms with van der Waals surface area (Å²) in [7, 11) is 1.95. The van der Waals surface area contributed by atoms with Crippen LogP contribution in [0.3, 0.4) is 0 Å². The molecular weight excluding hydrogens is 150 g/mol. The van der Waals surface area contributed by atoms with Crippen LogP contribution in [0.5, 0.6) is 0 Å². The van der Waals surface area contributed by atoms with E-state index in [0.29, 0.717) is 0 Å². The average Bonchev–Trinajstić information content (AvgIpc) is 2.53. The van der Waals surface area contributed by atoms with Crippen LogP contribution in [0.2, 0.25) is 0 Å². The van der Waals surface area contributed by atoms with Gasteiger partial charge < -0.3 is 5.32 Å². The first kappa shape index (κ1) is 7.68. The Labute approximate surface area is 72.2 Å². The molecule has 0 atom stereocenters. The van der Waals surface area contributed by atoms with Gasteiger partial charge in [0.25, 0.3) is 0 Å². The van der Waals surface area contributed by atoms with Gasteiger partial charge in [0.15, 0.2) is 0 Å². The number of nitrogens with zero attached hydrogens (tertiary/aromatic N) is 2. The highest BCUT2D eigenvalue weighted by Crippen LogP contribution is 2.21. The van der Waals surface area contributed by atoms with Crippen LogP contribution in [0.1, 0.15) is 23.4 Å². The van der Waals surface area contributed by atoms with Gasteiger partial charge in [0.05, 0.1) is 5.69 Å². The van der Waals surface area contributed by atoms with Gasteiger partial charge in [0, 0.05) is 12.2 Å². The van der Waals surface area contributed by atoms with Crippen LogP contribution < -0.4 is 5.32 Å². The van der Waals surface area contributed by atoms with E-state index in [9.17, 15) is 0 Å². The van der Waals surface area contributed by atoms with Crippen molar-refractivity contribution in [2.24, 2.45) is 0 Å². The average molecular weight is 163 g/mol. The molecule has 3 nitrogen and oxygen atoms in total. The first-order valence-corrected chi connectivity index (χ1v) is 4.38. The summed E-state index contributed by atoms with van der Waals surface area (Å²) >= 11 is 0. The van der Waals surface area contributed by atoms with E-state index in [1.54, 1.807) is 6.33 Å². The molecule has 0 fully saturated rings. The van der Waals surface area contributed by atoms with E-state index >= 15 is 0 Å². The Morgan fingerprint density at radius 1 is 1.42 bits per heavy atom. The maximum absolute atomic E-state index is 4.27. The number of aromatic nitrogens is 2. The molecule has 1 aliphatic carbocycles. The molecule has 1 heterocycles. The number of aryl methyl sites for hydroxylation is 1. The predicted octanol–water partition coefficient (Wildman–Crippen LogP) is 0.685. The van der Waals surface area contributed by atoms with Gasteiger partial charge in [-0.05, 0) is 31.9 Å². The highest BCUT2D eigenvalue weighted by atomic mass is 14.9. The summed E-state index contributed by atoms with van der Waals surface area (Å²) in [5.41, 5.74) is 3.82. The Balaban J connectivity index is 2.36. The van der Waals surface area contributed by atoms with Gasteiger partial charge >= 0.3 is 0 Å². The Morgan fingerprint density at radius 3 is 3.17 bits per heavy atom. The highest BCUT2D eigenvalue weighted by Gasteiger charge is 2.15. The second kappa shape index (κ2) is 3.19. The molecule has 1 aromatic rings. The van der Waals surface area contributed by atoms with Crippen molar-refractivity contribution in [2.75, 3.05) is 7.05 Å². The number of fused-ring (bicyclic) bond motifs is 1. The standard InChI is InChI=1S/C9H13N3/c1-10-5-9-7-3-2-4-8(7)11-6-12-9/h6,10H,2-5H2,1H3. The Kier molecular flexibility index (Phi) is 2.04. The van der Waals surface area contributed by atoms with Crippen LogP contribution in [-0.4, -0.2) is 17.0 Å². The zero-order valence-electron chi connectivity index (χ0n) is 7.30. The molecule has 0 aromatic carbocycles. The number of rotatable bonds is 2. The maximum atomic E-state index is 4.27. The lowest BCUT2D eigenvalue weighted by Gasteiger charge is -2.04. The van der Waals surface area contributed by atoms with E-state index in [1.807, 2.05) is 7.05 Å². The van der Waals surface area contributed by atoms with Crippen LogP contribution in [0.25, 0.3) is 0 Å². The van der Waals surface area contributed by atoms with Gasteiger partial charge in [0.2, 0.25) is 0 Å². The molecule has 64 valence electrons. The van der Waals surface area contributed by atoms with E-state index in [4.69, 9.17) is 0 Å². The zero-order chi connectivity index (χ0) is 8.39. The van der Waals surface area contributed by atoms with Crippen molar-refractivity contribution in [3.05, 3.63) is 23.3 Å². The van der Waals surface area contributed by atoms with Crippen molar-refractivity contribution >= 4 is 0 Å². The molecule has 12 heavy (non-hydrogen) atoms. The minimum Gasteiger partial charge on any atom is -0.314 e. The normalized spacial score (nSPS) is 14.8. The molecule has 0 amide bonds. The third kappa shape index (κ3) is 1.20. The number of nitrogens with one attached hydrogen (secondary N) is 1. The Bertz CT molecular complexity index is 283. The summed E-state index contributed by atoms with van der Waals surface area (Å²) in [5.74, 6) is 0. The van der Waals surface area contributed by atoms with Gasteiger partial charge in [-0.25, -0.2) is 9.97 Å². The third-order valence-electron chi connectivity index (χ3n) is 2.31. The van der Waals surface area contributed by atoms with Crippen molar-refractivity contribution in [2.45, 2.75) is 25.8 Å². The SMILES string of the molecule is CNCc1ncnc2c1CCC2. The second-order valence-electron chi connectivity index (χ2n) is 3.13. The summed E-state index contributed by atoms with van der Waals surface area (Å²) in [6, 6.07) is 0. The van der Waals surface area contributed by atoms with Crippen LogP contribution in [0.4, 0.5) is 0 Å². The summed E-state index contributed by atoms with van der Waals surface area (Å²) in [6.07, 6.45) is 5.21. The lowest BCUT2D eigenvalue weighted by Crippen LogP contribution is -2.10. The van der Waals surface area contributed by atoms with Crippen LogP contribution in [-0.2, 0) is 19.4 Å². The van der Waals surface area contributed by atoms with Gasteiger partial charge in [-0.1, -0.05) is 0 Å². The first-order valence-electron chi connectivity index (χ1n) is 4.38. The zero-order valence-corrected chi connectivity index (χ0v) is 7.30. The summed E-state index contributed by atoms with van der Waals surface area (Å²) in [5, 5.41) is 3.12. The molecule has 1 aromatic heterocycles. The fraction of sp³-hybridized carbons (Fsp3) is 0.556. The van der Waals surface area contributed by atoms with Crippen LogP contribution in [0, 0.1) is 0 Å². The van der Waals surface area contributed by atoms with Crippen molar-refractivity contribution < 1.29 is 0 Å². The van der Waals surface area contributed by atoms with Gasteiger partial charge in [-0.15, -0.1) is 0 Å². The molecule has 0 saturated carbocycles. The van der Waals surface area contributed by atoms with E-state index < -0.39 is 0 Å². The fourth-order valence-electron chi connectivity index (χ4n) is 1.75. The van der Waals surface area contributed by atoms with E-state index in [2.05, 4.69) is 15.3 Å². The Morgan fingerprint density at radius 2 is 2.33 bits per heavy atom. The number of hydrogen-bond donors (Lipinski definition) is 1. The summed E-state index contributed by atoms with van der Waals surface area (Å²) in [6.45, 7) is 0.866. The summed E-state index contributed by atoms with van der Waals surface area (Å²) < 4.78 is 0. The molecule has 0 spiro atoms. The molecule has 3 heteroatoms. The lowest BCUT2D eigenvalue weighted by molar-refractivity contribution is 0.771. The molecule has 0 bridgehead atoms. The molecule has 0 radical (unpaired) electrons. The monoisotopic (exact) mass is 163 g/mol. The minimum absolute atomic E-state index is 0.866. The minimum atomic E-state index is 0.866. The van der Waals surface area contributed by atoms with Crippen molar-refractivity contribution in [1.29, 1.82) is 0 Å². The molecule has 2 rings (SSSR count). The number of hydrogen-bond acceptors (Lipinski definition) is 3. The largest absolute Gasteiger partial charge is 0.314 e. The summed E-state index contributed by atoms with van der Waals surface area (Å²) in [4.78, 5) is 8.53. The van der Waals surface area contributed by atoms with Crippen molar-refractivity contribution in [1.82, 2.24) is 15.3 Å². The topological polar surface area (TPSA) is 37.8 Å². The molecule has 0 aliphatic heterocycles. The van der Waals surface area contributed by atoms with Gasteiger partial charge in [-0.3, -0.25) is 0 Å². The first-order chi connectivity index (χ1) is 5.92. The van der Waals surface area contributed by atoms with Crippen molar-refractivity contribution in [3.63, 3.8) is 0 Å². The lowest BCUT2D eigenvalue weighted by atomic mass is 10.2. The van der Waals surface area contributed by atoms with Gasteiger partial charge in [0.1, 0.15) is 6.33 Å². The van der Waals surface area contributed by atoms with Crippen LogP contribution in [0.15, 0.2) is 6.33 Å². The molecular formula is C9H13N3. The highest BCUT2D eigenvalue weighted by molar-refractivity contribution is 5.28. The predicted molar refractivity (Wildman–Crippen MR) is 46.8 cm³/mol. The fourth-order valence-corrected chi connectivity index (χ4v) is 1.75. The van der Waals surface area contributed by atoms with Crippen molar-refractivity contribution in [3.8, 4) is 0 Å². The maximum Gasteiger partial charge on any atom is 0.116 e.